The minimum absolute atomic E-state index is 0.0440. The van der Waals surface area contributed by atoms with E-state index in [1.807, 2.05) is 0 Å². The number of carbonyl (C=O) groups is 2. The van der Waals surface area contributed by atoms with Crippen molar-refractivity contribution in [3.8, 4) is 0 Å². The van der Waals surface area contributed by atoms with Crippen LogP contribution in [0.3, 0.4) is 0 Å². The van der Waals surface area contributed by atoms with Crippen molar-refractivity contribution >= 4 is 44.9 Å². The fraction of sp³-hybridized carbons (Fsp3) is 0.133. The van der Waals surface area contributed by atoms with Gasteiger partial charge in [-0.25, -0.2) is 9.37 Å². The summed E-state index contributed by atoms with van der Waals surface area (Å²) < 4.78 is 14.3. The SMILES string of the molecule is C[C@H](N)C(=O)Nc1ccc(Br)c(Cl)c1C(=O)c1ncccc1F. The molecule has 0 aliphatic carbocycles. The summed E-state index contributed by atoms with van der Waals surface area (Å²) in [4.78, 5) is 28.2. The lowest BCUT2D eigenvalue weighted by atomic mass is 10.0. The number of aromatic nitrogens is 1. The smallest absolute Gasteiger partial charge is 0.241 e. The summed E-state index contributed by atoms with van der Waals surface area (Å²) in [6.45, 7) is 1.50. The van der Waals surface area contributed by atoms with Crippen LogP contribution in [-0.2, 0) is 4.79 Å². The summed E-state index contributed by atoms with van der Waals surface area (Å²) in [6, 6.07) is 4.74. The highest BCUT2D eigenvalue weighted by Gasteiger charge is 2.24. The van der Waals surface area contributed by atoms with Gasteiger partial charge in [0.15, 0.2) is 5.82 Å². The highest BCUT2D eigenvalue weighted by atomic mass is 79.9. The minimum Gasteiger partial charge on any atom is -0.324 e. The van der Waals surface area contributed by atoms with E-state index in [0.717, 1.165) is 6.07 Å². The van der Waals surface area contributed by atoms with Crippen molar-refractivity contribution in [1.29, 1.82) is 0 Å². The lowest BCUT2D eigenvalue weighted by Crippen LogP contribution is -2.33. The lowest BCUT2D eigenvalue weighted by Gasteiger charge is -2.14. The first-order valence-electron chi connectivity index (χ1n) is 6.52. The van der Waals surface area contributed by atoms with Gasteiger partial charge in [-0.3, -0.25) is 9.59 Å². The molecule has 5 nitrogen and oxygen atoms in total. The van der Waals surface area contributed by atoms with Gasteiger partial charge in [0.1, 0.15) is 5.69 Å². The fourth-order valence-electron chi connectivity index (χ4n) is 1.79. The molecule has 0 aliphatic rings. The molecule has 0 aliphatic heterocycles. The van der Waals surface area contributed by atoms with E-state index in [1.165, 1.54) is 25.3 Å². The number of nitrogens with one attached hydrogen (secondary N) is 1. The molecule has 1 aromatic heterocycles. The van der Waals surface area contributed by atoms with Gasteiger partial charge in [0.05, 0.1) is 22.3 Å². The van der Waals surface area contributed by atoms with Crippen LogP contribution in [0, 0.1) is 5.82 Å². The Morgan fingerprint density at radius 2 is 2.09 bits per heavy atom. The molecule has 0 saturated carbocycles. The maximum Gasteiger partial charge on any atom is 0.241 e. The molecule has 1 atom stereocenters. The second kappa shape index (κ2) is 7.16. The summed E-state index contributed by atoms with van der Waals surface area (Å²) in [5.41, 5.74) is 5.19. The molecule has 1 aromatic carbocycles. The predicted octanol–water partition coefficient (Wildman–Crippen LogP) is 3.15. The van der Waals surface area contributed by atoms with Crippen molar-refractivity contribution in [1.82, 2.24) is 4.98 Å². The van der Waals surface area contributed by atoms with Crippen molar-refractivity contribution in [2.24, 2.45) is 5.73 Å². The Morgan fingerprint density at radius 1 is 1.39 bits per heavy atom. The van der Waals surface area contributed by atoms with Gasteiger partial charge in [-0.1, -0.05) is 11.6 Å². The van der Waals surface area contributed by atoms with Crippen LogP contribution in [0.1, 0.15) is 23.0 Å². The zero-order valence-electron chi connectivity index (χ0n) is 11.9. The van der Waals surface area contributed by atoms with E-state index in [1.54, 1.807) is 6.07 Å². The van der Waals surface area contributed by atoms with Crippen molar-refractivity contribution < 1.29 is 14.0 Å². The van der Waals surface area contributed by atoms with Crippen LogP contribution in [0.25, 0.3) is 0 Å². The van der Waals surface area contributed by atoms with Gasteiger partial charge in [0.25, 0.3) is 0 Å². The third-order valence-electron chi connectivity index (χ3n) is 2.97. The molecular formula is C15H12BrClFN3O2. The van der Waals surface area contributed by atoms with E-state index in [0.29, 0.717) is 4.47 Å². The van der Waals surface area contributed by atoms with Crippen LogP contribution in [-0.4, -0.2) is 22.7 Å². The number of hydrogen-bond donors (Lipinski definition) is 2. The Hall–Kier alpha value is -1.83. The van der Waals surface area contributed by atoms with Crippen LogP contribution in [0.15, 0.2) is 34.9 Å². The molecule has 1 heterocycles. The zero-order valence-corrected chi connectivity index (χ0v) is 14.3. The Labute approximate surface area is 145 Å². The highest BCUT2D eigenvalue weighted by Crippen LogP contribution is 2.33. The molecule has 2 aromatic rings. The minimum atomic E-state index is -0.785. The first-order chi connectivity index (χ1) is 10.8. The molecule has 120 valence electrons. The normalized spacial score (nSPS) is 11.9. The molecule has 23 heavy (non-hydrogen) atoms. The standard InChI is InChI=1S/C15H12BrClFN3O2/c1-7(19)15(23)21-10-5-4-8(16)12(17)11(10)14(22)13-9(18)3-2-6-20-13/h2-7H,19H2,1H3,(H,21,23)/t7-/m0/s1. The average molecular weight is 401 g/mol. The molecule has 1 amide bonds. The van der Waals surface area contributed by atoms with Gasteiger partial charge in [-0.15, -0.1) is 0 Å². The van der Waals surface area contributed by atoms with Crippen molar-refractivity contribution in [3.05, 3.63) is 57.0 Å². The number of halogens is 3. The molecule has 8 heteroatoms. The third-order valence-corrected chi connectivity index (χ3v) is 4.25. The lowest BCUT2D eigenvalue weighted by molar-refractivity contribution is -0.117. The highest BCUT2D eigenvalue weighted by molar-refractivity contribution is 9.10. The maximum atomic E-state index is 13.8. The quantitative estimate of drug-likeness (QED) is 0.772. The predicted molar refractivity (Wildman–Crippen MR) is 89.1 cm³/mol. The number of pyridine rings is 1. The van der Waals surface area contributed by atoms with Gasteiger partial charge in [-0.05, 0) is 47.1 Å². The van der Waals surface area contributed by atoms with Crippen molar-refractivity contribution in [2.45, 2.75) is 13.0 Å². The molecular weight excluding hydrogens is 389 g/mol. The molecule has 0 saturated heterocycles. The van der Waals surface area contributed by atoms with Crippen LogP contribution < -0.4 is 11.1 Å². The first kappa shape index (κ1) is 17.5. The monoisotopic (exact) mass is 399 g/mol. The summed E-state index contributed by atoms with van der Waals surface area (Å²) >= 11 is 9.36. The molecule has 0 bridgehead atoms. The van der Waals surface area contributed by atoms with Crippen LogP contribution in [0.4, 0.5) is 10.1 Å². The number of hydrogen-bond acceptors (Lipinski definition) is 4. The summed E-state index contributed by atoms with van der Waals surface area (Å²) in [7, 11) is 0. The number of anilines is 1. The Bertz CT molecular complexity index is 783. The molecule has 0 radical (unpaired) electrons. The number of nitrogens with two attached hydrogens (primary N) is 1. The Morgan fingerprint density at radius 3 is 2.70 bits per heavy atom. The van der Waals surface area contributed by atoms with E-state index in [4.69, 9.17) is 17.3 Å². The zero-order chi connectivity index (χ0) is 17.1. The Kier molecular flexibility index (Phi) is 5.46. The van der Waals surface area contributed by atoms with Crippen LogP contribution in [0.5, 0.6) is 0 Å². The summed E-state index contributed by atoms with van der Waals surface area (Å²) in [5.74, 6) is -2.02. The van der Waals surface area contributed by atoms with Gasteiger partial charge >= 0.3 is 0 Å². The number of ketones is 1. The van der Waals surface area contributed by atoms with Gasteiger partial charge in [-0.2, -0.15) is 0 Å². The van der Waals surface area contributed by atoms with E-state index >= 15 is 0 Å². The molecule has 0 fully saturated rings. The molecule has 3 N–H and O–H groups in total. The topological polar surface area (TPSA) is 85.1 Å². The summed E-state index contributed by atoms with van der Waals surface area (Å²) in [5, 5.41) is 2.55. The van der Waals surface area contributed by atoms with Gasteiger partial charge < -0.3 is 11.1 Å². The van der Waals surface area contributed by atoms with Crippen LogP contribution in [0.2, 0.25) is 5.02 Å². The Balaban J connectivity index is 2.56. The molecule has 2 rings (SSSR count). The second-order valence-electron chi connectivity index (χ2n) is 4.72. The third kappa shape index (κ3) is 3.74. The fourth-order valence-corrected chi connectivity index (χ4v) is 2.38. The number of benzene rings is 1. The number of carbonyl (C=O) groups excluding carboxylic acids is 2. The number of rotatable bonds is 4. The van der Waals surface area contributed by atoms with Crippen molar-refractivity contribution in [3.63, 3.8) is 0 Å². The van der Waals surface area contributed by atoms with Crippen molar-refractivity contribution in [2.75, 3.05) is 5.32 Å². The molecule has 0 spiro atoms. The van der Waals surface area contributed by atoms with Gasteiger partial charge in [0.2, 0.25) is 11.7 Å². The van der Waals surface area contributed by atoms with E-state index in [-0.39, 0.29) is 22.0 Å². The van der Waals surface area contributed by atoms with Crippen LogP contribution >= 0.6 is 27.5 Å². The summed E-state index contributed by atoms with van der Waals surface area (Å²) in [6.07, 6.45) is 1.29. The number of amides is 1. The van der Waals surface area contributed by atoms with E-state index in [2.05, 4.69) is 26.2 Å². The first-order valence-corrected chi connectivity index (χ1v) is 7.69. The largest absolute Gasteiger partial charge is 0.324 e. The van der Waals surface area contributed by atoms with E-state index < -0.39 is 23.5 Å². The average Bonchev–Trinajstić information content (AvgIpc) is 2.51. The number of nitrogens with zero attached hydrogens (tertiary/aromatic N) is 1. The van der Waals surface area contributed by atoms with Gasteiger partial charge in [0, 0.05) is 10.7 Å². The second-order valence-corrected chi connectivity index (χ2v) is 5.96. The molecule has 0 unspecified atom stereocenters. The maximum absolute atomic E-state index is 13.8. The van der Waals surface area contributed by atoms with E-state index in [9.17, 15) is 14.0 Å².